The first-order valence-corrected chi connectivity index (χ1v) is 10.6. The van der Waals surface area contributed by atoms with Gasteiger partial charge in [-0.25, -0.2) is 9.78 Å². The molecule has 0 atom stereocenters. The lowest BCUT2D eigenvalue weighted by atomic mass is 10.0. The van der Waals surface area contributed by atoms with Crippen LogP contribution in [0.1, 0.15) is 44.0 Å². The number of carbonyl (C=O) groups excluding carboxylic acids is 2. The highest BCUT2D eigenvalue weighted by atomic mass is 16.6. The quantitative estimate of drug-likeness (QED) is 0.659. The molecule has 1 fully saturated rings. The number of carbonyl (C=O) groups is 2. The van der Waals surface area contributed by atoms with Crippen LogP contribution in [-0.2, 0) is 4.74 Å². The third kappa shape index (κ3) is 5.05. The molecule has 2 heterocycles. The molecule has 2 amide bonds. The summed E-state index contributed by atoms with van der Waals surface area (Å²) in [5.41, 5.74) is 2.97. The number of ether oxygens (including phenoxy) is 1. The Balaban J connectivity index is 1.34. The molecule has 0 bridgehead atoms. The molecule has 1 aliphatic rings. The van der Waals surface area contributed by atoms with Gasteiger partial charge in [0.1, 0.15) is 11.4 Å². The van der Waals surface area contributed by atoms with Crippen LogP contribution in [0.3, 0.4) is 0 Å². The minimum Gasteiger partial charge on any atom is -0.444 e. The van der Waals surface area contributed by atoms with E-state index in [-0.39, 0.29) is 11.9 Å². The number of alkyl carbamates (subject to hydrolysis) is 1. The predicted molar refractivity (Wildman–Crippen MR) is 120 cm³/mol. The summed E-state index contributed by atoms with van der Waals surface area (Å²) in [6.07, 6.45) is 1.02. The van der Waals surface area contributed by atoms with Gasteiger partial charge in [-0.15, -0.1) is 0 Å². The first-order chi connectivity index (χ1) is 14.8. The van der Waals surface area contributed by atoms with Gasteiger partial charge in [0, 0.05) is 30.3 Å². The lowest BCUT2D eigenvalue weighted by Gasteiger charge is -2.33. The zero-order valence-corrected chi connectivity index (χ0v) is 18.1. The summed E-state index contributed by atoms with van der Waals surface area (Å²) in [4.78, 5) is 34.6. The van der Waals surface area contributed by atoms with Crippen LogP contribution >= 0.6 is 0 Å². The van der Waals surface area contributed by atoms with Crippen molar-refractivity contribution in [3.05, 3.63) is 54.1 Å². The van der Waals surface area contributed by atoms with Crippen LogP contribution in [0.4, 0.5) is 4.79 Å². The number of aromatic amines is 1. The second-order valence-electron chi connectivity index (χ2n) is 8.89. The number of fused-ring (bicyclic) bond motifs is 1. The Labute approximate surface area is 181 Å². The fraction of sp³-hybridized carbons (Fsp3) is 0.375. The normalized spacial score (nSPS) is 15.1. The van der Waals surface area contributed by atoms with Crippen molar-refractivity contribution in [1.29, 1.82) is 0 Å². The molecule has 2 aromatic carbocycles. The molecule has 7 heteroatoms. The van der Waals surface area contributed by atoms with Crippen molar-refractivity contribution in [2.24, 2.45) is 0 Å². The van der Waals surface area contributed by atoms with Crippen molar-refractivity contribution in [1.82, 2.24) is 20.2 Å². The summed E-state index contributed by atoms with van der Waals surface area (Å²) in [6.45, 7) is 6.73. The molecule has 7 nitrogen and oxygen atoms in total. The van der Waals surface area contributed by atoms with Gasteiger partial charge in [-0.3, -0.25) is 4.79 Å². The van der Waals surface area contributed by atoms with E-state index in [9.17, 15) is 9.59 Å². The number of para-hydroxylation sites is 2. The standard InChI is InChI=1S/C24H28N4O3/c1-24(2,3)31-23(30)25-18-12-14-28(15-13-18)22(29)17-10-8-16(9-11-17)21-26-19-6-4-5-7-20(19)27-21/h4-11,18H,12-15H2,1-3H3,(H,25,30)(H,26,27). The Morgan fingerprint density at radius 2 is 1.74 bits per heavy atom. The van der Waals surface area contributed by atoms with Crippen molar-refractivity contribution in [2.45, 2.75) is 45.3 Å². The van der Waals surface area contributed by atoms with Gasteiger partial charge in [-0.2, -0.15) is 0 Å². The second-order valence-corrected chi connectivity index (χ2v) is 8.89. The first-order valence-electron chi connectivity index (χ1n) is 10.6. The average molecular weight is 421 g/mol. The van der Waals surface area contributed by atoms with Gasteiger partial charge >= 0.3 is 6.09 Å². The largest absolute Gasteiger partial charge is 0.444 e. The Hall–Kier alpha value is -3.35. The smallest absolute Gasteiger partial charge is 0.407 e. The monoisotopic (exact) mass is 420 g/mol. The number of hydrogen-bond donors (Lipinski definition) is 2. The fourth-order valence-electron chi connectivity index (χ4n) is 3.74. The molecule has 0 unspecified atom stereocenters. The summed E-state index contributed by atoms with van der Waals surface area (Å²) >= 11 is 0. The number of piperidine rings is 1. The molecular weight excluding hydrogens is 392 g/mol. The van der Waals surface area contributed by atoms with Crippen LogP contribution in [-0.4, -0.2) is 51.6 Å². The number of hydrogen-bond acceptors (Lipinski definition) is 4. The van der Waals surface area contributed by atoms with Crippen LogP contribution in [0.2, 0.25) is 0 Å². The van der Waals surface area contributed by atoms with Crippen molar-refractivity contribution in [3.8, 4) is 11.4 Å². The van der Waals surface area contributed by atoms with E-state index in [1.807, 2.05) is 74.2 Å². The Morgan fingerprint density at radius 1 is 1.06 bits per heavy atom. The van der Waals surface area contributed by atoms with E-state index in [2.05, 4.69) is 15.3 Å². The molecule has 1 aliphatic heterocycles. The second kappa shape index (κ2) is 8.41. The number of amides is 2. The number of likely N-dealkylation sites (tertiary alicyclic amines) is 1. The minimum absolute atomic E-state index is 0.00636. The number of imidazole rings is 1. The van der Waals surface area contributed by atoms with E-state index >= 15 is 0 Å². The molecule has 4 rings (SSSR count). The van der Waals surface area contributed by atoms with Gasteiger partial charge < -0.3 is 19.9 Å². The van der Waals surface area contributed by atoms with Crippen molar-refractivity contribution in [2.75, 3.05) is 13.1 Å². The van der Waals surface area contributed by atoms with Crippen LogP contribution in [0.15, 0.2) is 48.5 Å². The fourth-order valence-corrected chi connectivity index (χ4v) is 3.74. The number of aromatic nitrogens is 2. The van der Waals surface area contributed by atoms with Crippen LogP contribution < -0.4 is 5.32 Å². The Kier molecular flexibility index (Phi) is 5.67. The lowest BCUT2D eigenvalue weighted by molar-refractivity contribution is 0.0473. The molecule has 2 N–H and O–H groups in total. The molecule has 0 aliphatic carbocycles. The van der Waals surface area contributed by atoms with Gasteiger partial charge in [0.15, 0.2) is 0 Å². The molecule has 1 saturated heterocycles. The number of H-pyrrole nitrogens is 1. The summed E-state index contributed by atoms with van der Waals surface area (Å²) in [5.74, 6) is 0.793. The molecule has 162 valence electrons. The van der Waals surface area contributed by atoms with Crippen molar-refractivity contribution < 1.29 is 14.3 Å². The lowest BCUT2D eigenvalue weighted by Crippen LogP contribution is -2.47. The Morgan fingerprint density at radius 3 is 2.39 bits per heavy atom. The van der Waals surface area contributed by atoms with E-state index in [1.165, 1.54) is 0 Å². The molecule has 31 heavy (non-hydrogen) atoms. The third-order valence-electron chi connectivity index (χ3n) is 5.30. The third-order valence-corrected chi connectivity index (χ3v) is 5.30. The molecule has 3 aromatic rings. The molecular formula is C24H28N4O3. The summed E-state index contributed by atoms with van der Waals surface area (Å²) in [6, 6.07) is 15.4. The zero-order chi connectivity index (χ0) is 22.0. The highest BCUT2D eigenvalue weighted by Crippen LogP contribution is 2.22. The van der Waals surface area contributed by atoms with E-state index in [4.69, 9.17) is 4.74 Å². The van der Waals surface area contributed by atoms with E-state index < -0.39 is 11.7 Å². The SMILES string of the molecule is CC(C)(C)OC(=O)NC1CCN(C(=O)c2ccc(-c3nc4ccccc4[nH]3)cc2)CC1. The van der Waals surface area contributed by atoms with Crippen molar-refractivity contribution >= 4 is 23.0 Å². The van der Waals surface area contributed by atoms with Gasteiger partial charge in [0.2, 0.25) is 0 Å². The maximum Gasteiger partial charge on any atom is 0.407 e. The molecule has 0 radical (unpaired) electrons. The van der Waals surface area contributed by atoms with Gasteiger partial charge in [0.25, 0.3) is 5.91 Å². The summed E-state index contributed by atoms with van der Waals surface area (Å²) in [5, 5.41) is 2.90. The van der Waals surface area contributed by atoms with Gasteiger partial charge in [0.05, 0.1) is 11.0 Å². The molecule has 1 aromatic heterocycles. The van der Waals surface area contributed by atoms with Crippen molar-refractivity contribution in [3.63, 3.8) is 0 Å². The average Bonchev–Trinajstić information content (AvgIpc) is 3.17. The van der Waals surface area contributed by atoms with E-state index in [0.717, 1.165) is 22.4 Å². The topological polar surface area (TPSA) is 87.3 Å². The first kappa shape index (κ1) is 20.9. The zero-order valence-electron chi connectivity index (χ0n) is 18.1. The predicted octanol–water partition coefficient (Wildman–Crippen LogP) is 4.36. The molecule has 0 spiro atoms. The van der Waals surface area contributed by atoms with E-state index in [1.54, 1.807) is 0 Å². The number of nitrogens with zero attached hydrogens (tertiary/aromatic N) is 2. The van der Waals surface area contributed by atoms with E-state index in [0.29, 0.717) is 31.5 Å². The number of rotatable bonds is 3. The van der Waals surface area contributed by atoms with Gasteiger partial charge in [-0.05, 0) is 57.9 Å². The summed E-state index contributed by atoms with van der Waals surface area (Å²) < 4.78 is 5.31. The van der Waals surface area contributed by atoms with Crippen LogP contribution in [0, 0.1) is 0 Å². The minimum atomic E-state index is -0.519. The van der Waals surface area contributed by atoms with Crippen LogP contribution in [0.25, 0.3) is 22.4 Å². The van der Waals surface area contributed by atoms with Crippen LogP contribution in [0.5, 0.6) is 0 Å². The highest BCUT2D eigenvalue weighted by molar-refractivity contribution is 5.94. The Bertz CT molecular complexity index is 1040. The maximum absolute atomic E-state index is 12.9. The highest BCUT2D eigenvalue weighted by Gasteiger charge is 2.26. The summed E-state index contributed by atoms with van der Waals surface area (Å²) in [7, 11) is 0. The molecule has 0 saturated carbocycles. The maximum atomic E-state index is 12.9. The van der Waals surface area contributed by atoms with Gasteiger partial charge in [-0.1, -0.05) is 24.3 Å². The number of nitrogens with one attached hydrogen (secondary N) is 2. The number of benzene rings is 2.